The number of hydrogen-bond acceptors (Lipinski definition) is 7. The zero-order valence-electron chi connectivity index (χ0n) is 19.0. The van der Waals surface area contributed by atoms with Crippen molar-refractivity contribution in [2.75, 3.05) is 24.4 Å². The number of fused-ring (bicyclic) bond motifs is 1. The number of carbonyl (C=O) groups excluding carboxylic acids is 2. The molecule has 0 saturated heterocycles. The van der Waals surface area contributed by atoms with Crippen molar-refractivity contribution in [2.45, 2.75) is 19.9 Å². The molecule has 0 radical (unpaired) electrons. The second-order valence-electron chi connectivity index (χ2n) is 7.62. The van der Waals surface area contributed by atoms with Crippen LogP contribution in [0.15, 0.2) is 59.9 Å². The summed E-state index contributed by atoms with van der Waals surface area (Å²) in [6, 6.07) is 11.1. The minimum absolute atomic E-state index is 0.0250. The fraction of sp³-hybridized carbons (Fsp3) is 0.208. The molecule has 2 amide bonds. The summed E-state index contributed by atoms with van der Waals surface area (Å²) in [5.41, 5.74) is 7.82. The number of phenolic OH excluding ortho intramolecular Hbond substituents is 1. The number of aromatic hydroxyl groups is 1. The first-order valence-corrected chi connectivity index (χ1v) is 10.6. The van der Waals surface area contributed by atoms with Gasteiger partial charge < -0.3 is 30.9 Å². The van der Waals surface area contributed by atoms with Crippen LogP contribution in [0.25, 0.3) is 0 Å². The number of phenols is 1. The average molecular weight is 463 g/mol. The molecule has 1 aliphatic rings. The molecule has 5 N–H and O–H groups in total. The van der Waals surface area contributed by atoms with E-state index in [1.807, 2.05) is 0 Å². The molecule has 176 valence electrons. The first-order chi connectivity index (χ1) is 16.3. The zero-order chi connectivity index (χ0) is 24.4. The molecule has 0 bridgehead atoms. The summed E-state index contributed by atoms with van der Waals surface area (Å²) >= 11 is 0. The molecule has 1 aromatic heterocycles. The van der Waals surface area contributed by atoms with E-state index in [9.17, 15) is 14.7 Å². The van der Waals surface area contributed by atoms with Gasteiger partial charge in [0.1, 0.15) is 23.2 Å². The van der Waals surface area contributed by atoms with E-state index in [0.717, 1.165) is 0 Å². The summed E-state index contributed by atoms with van der Waals surface area (Å²) in [7, 11) is 1.57. The van der Waals surface area contributed by atoms with Gasteiger partial charge in [-0.3, -0.25) is 9.59 Å². The molecule has 0 aliphatic carbocycles. The summed E-state index contributed by atoms with van der Waals surface area (Å²) in [5, 5.41) is 20.5. The fourth-order valence-corrected chi connectivity index (χ4v) is 3.88. The van der Waals surface area contributed by atoms with Gasteiger partial charge in [-0.05, 0) is 55.8 Å². The molecule has 0 unspecified atom stereocenters. The molecule has 10 heteroatoms. The summed E-state index contributed by atoms with van der Waals surface area (Å²) in [6.07, 6.45) is 1.36. The number of carbonyl (C=O) groups is 2. The number of anilines is 2. The lowest BCUT2D eigenvalue weighted by atomic mass is 9.94. The van der Waals surface area contributed by atoms with Crippen LogP contribution in [0.1, 0.15) is 35.8 Å². The first kappa shape index (κ1) is 22.7. The van der Waals surface area contributed by atoms with Gasteiger partial charge in [0, 0.05) is 11.4 Å². The van der Waals surface area contributed by atoms with E-state index in [0.29, 0.717) is 40.7 Å². The maximum Gasteiger partial charge on any atom is 0.255 e. The SMILES string of the molecule is CCOc1cc([C@H]2C(C(=O)Nc3ccc(OC)cc3)=C(C)Nc3c(C(N)=O)cnn32)ccc1O. The highest BCUT2D eigenvalue weighted by Gasteiger charge is 2.35. The molecule has 0 saturated carbocycles. The number of rotatable bonds is 7. The fourth-order valence-electron chi connectivity index (χ4n) is 3.88. The van der Waals surface area contributed by atoms with Gasteiger partial charge in [0.25, 0.3) is 11.8 Å². The van der Waals surface area contributed by atoms with Gasteiger partial charge in [-0.1, -0.05) is 6.07 Å². The predicted molar refractivity (Wildman–Crippen MR) is 126 cm³/mol. The second-order valence-corrected chi connectivity index (χ2v) is 7.62. The minimum atomic E-state index is -0.720. The lowest BCUT2D eigenvalue weighted by Gasteiger charge is -2.30. The highest BCUT2D eigenvalue weighted by molar-refractivity contribution is 6.07. The van der Waals surface area contributed by atoms with Crippen LogP contribution in [-0.4, -0.2) is 40.4 Å². The standard InChI is InChI=1S/C24H25N5O5/c1-4-34-19-11-14(5-10-18(19)30)21-20(24(32)28-15-6-8-16(33-3)9-7-15)13(2)27-23-17(22(25)31)12-26-29(21)23/h5-12,21,27,30H,4H2,1-3H3,(H2,25,31)(H,28,32)/t21-/m0/s1. The Morgan fingerprint density at radius 1 is 1.24 bits per heavy atom. The number of ether oxygens (including phenoxy) is 2. The molecular formula is C24H25N5O5. The van der Waals surface area contributed by atoms with Crippen LogP contribution in [0.3, 0.4) is 0 Å². The molecule has 10 nitrogen and oxygen atoms in total. The first-order valence-electron chi connectivity index (χ1n) is 10.6. The lowest BCUT2D eigenvalue weighted by Crippen LogP contribution is -2.32. The Bertz CT molecular complexity index is 1280. The maximum absolute atomic E-state index is 13.5. The third kappa shape index (κ3) is 4.13. The molecule has 4 rings (SSSR count). The summed E-state index contributed by atoms with van der Waals surface area (Å²) in [4.78, 5) is 25.4. The van der Waals surface area contributed by atoms with Crippen molar-refractivity contribution in [3.8, 4) is 17.2 Å². The number of methoxy groups -OCH3 is 1. The van der Waals surface area contributed by atoms with Gasteiger partial charge in [-0.25, -0.2) is 4.68 Å². The molecule has 0 fully saturated rings. The minimum Gasteiger partial charge on any atom is -0.504 e. The van der Waals surface area contributed by atoms with Crippen molar-refractivity contribution in [1.82, 2.24) is 9.78 Å². The zero-order valence-corrected chi connectivity index (χ0v) is 19.0. The van der Waals surface area contributed by atoms with Crippen LogP contribution in [0.2, 0.25) is 0 Å². The number of allylic oxidation sites excluding steroid dienone is 1. The van der Waals surface area contributed by atoms with E-state index in [-0.39, 0.29) is 23.0 Å². The Labute approximate surface area is 196 Å². The molecule has 1 aliphatic heterocycles. The van der Waals surface area contributed by atoms with Crippen molar-refractivity contribution in [1.29, 1.82) is 0 Å². The predicted octanol–water partition coefficient (Wildman–Crippen LogP) is 3.02. The lowest BCUT2D eigenvalue weighted by molar-refractivity contribution is -0.113. The van der Waals surface area contributed by atoms with Gasteiger partial charge >= 0.3 is 0 Å². The Morgan fingerprint density at radius 2 is 1.97 bits per heavy atom. The average Bonchev–Trinajstić information content (AvgIpc) is 3.24. The summed E-state index contributed by atoms with van der Waals surface area (Å²) in [6.45, 7) is 3.89. The number of primary amides is 1. The van der Waals surface area contributed by atoms with E-state index in [1.165, 1.54) is 16.9 Å². The van der Waals surface area contributed by atoms with Crippen LogP contribution in [0, 0.1) is 0 Å². The van der Waals surface area contributed by atoms with Gasteiger partial charge in [-0.15, -0.1) is 0 Å². The Hall–Kier alpha value is -4.47. The number of hydrogen-bond donors (Lipinski definition) is 4. The maximum atomic E-state index is 13.5. The highest BCUT2D eigenvalue weighted by Crippen LogP contribution is 2.40. The van der Waals surface area contributed by atoms with E-state index >= 15 is 0 Å². The quantitative estimate of drug-likeness (QED) is 0.422. The van der Waals surface area contributed by atoms with Crippen molar-refractivity contribution < 1.29 is 24.2 Å². The molecular weight excluding hydrogens is 438 g/mol. The van der Waals surface area contributed by atoms with Crippen LogP contribution in [0.5, 0.6) is 17.2 Å². The Balaban J connectivity index is 1.80. The molecule has 3 aromatic rings. The monoisotopic (exact) mass is 463 g/mol. The smallest absolute Gasteiger partial charge is 0.255 e. The van der Waals surface area contributed by atoms with Crippen LogP contribution < -0.4 is 25.8 Å². The summed E-state index contributed by atoms with van der Waals surface area (Å²) < 4.78 is 12.2. The topological polar surface area (TPSA) is 141 Å². The van der Waals surface area contributed by atoms with Crippen LogP contribution >= 0.6 is 0 Å². The van der Waals surface area contributed by atoms with E-state index in [2.05, 4.69) is 15.7 Å². The van der Waals surface area contributed by atoms with Crippen LogP contribution in [-0.2, 0) is 4.79 Å². The number of aromatic nitrogens is 2. The van der Waals surface area contributed by atoms with Crippen molar-refractivity contribution in [2.24, 2.45) is 5.73 Å². The van der Waals surface area contributed by atoms with Gasteiger partial charge in [-0.2, -0.15) is 5.10 Å². The molecule has 1 atom stereocenters. The third-order valence-corrected chi connectivity index (χ3v) is 5.48. The summed E-state index contributed by atoms with van der Waals surface area (Å²) in [5.74, 6) is 0.276. The molecule has 34 heavy (non-hydrogen) atoms. The number of amides is 2. The van der Waals surface area contributed by atoms with E-state index in [1.54, 1.807) is 57.4 Å². The number of benzene rings is 2. The van der Waals surface area contributed by atoms with Crippen molar-refractivity contribution in [3.63, 3.8) is 0 Å². The van der Waals surface area contributed by atoms with Gasteiger partial charge in [0.15, 0.2) is 11.5 Å². The molecule has 0 spiro atoms. The number of nitrogens with two attached hydrogens (primary N) is 1. The number of nitrogens with zero attached hydrogens (tertiary/aromatic N) is 2. The second kappa shape index (κ2) is 9.18. The molecule has 2 aromatic carbocycles. The number of nitrogens with one attached hydrogen (secondary N) is 2. The van der Waals surface area contributed by atoms with Crippen molar-refractivity contribution in [3.05, 3.63) is 71.1 Å². The highest BCUT2D eigenvalue weighted by atomic mass is 16.5. The van der Waals surface area contributed by atoms with Gasteiger partial charge in [0.2, 0.25) is 0 Å². The normalized spacial score (nSPS) is 14.7. The van der Waals surface area contributed by atoms with Gasteiger partial charge in [0.05, 0.1) is 25.5 Å². The Kier molecular flexibility index (Phi) is 6.13. The third-order valence-electron chi connectivity index (χ3n) is 5.48. The van der Waals surface area contributed by atoms with E-state index in [4.69, 9.17) is 15.2 Å². The van der Waals surface area contributed by atoms with E-state index < -0.39 is 11.9 Å². The van der Waals surface area contributed by atoms with Crippen molar-refractivity contribution >= 4 is 23.3 Å². The largest absolute Gasteiger partial charge is 0.504 e. The Morgan fingerprint density at radius 3 is 2.62 bits per heavy atom. The van der Waals surface area contributed by atoms with Crippen LogP contribution in [0.4, 0.5) is 11.5 Å². The molecule has 2 heterocycles.